The second-order valence-electron chi connectivity index (χ2n) is 5.37. The summed E-state index contributed by atoms with van der Waals surface area (Å²) in [5.74, 6) is 0. The minimum atomic E-state index is 0.915. The minimum Gasteiger partial charge on any atom is -0.383 e. The van der Waals surface area contributed by atoms with Gasteiger partial charge < -0.3 is 10.6 Å². The third kappa shape index (κ3) is 3.32. The minimum absolute atomic E-state index is 0.915. The van der Waals surface area contributed by atoms with Gasteiger partial charge in [0.05, 0.1) is 0 Å². The zero-order valence-electron chi connectivity index (χ0n) is 12.9. The molecular weight excluding hydrogens is 244 g/mol. The van der Waals surface area contributed by atoms with Crippen LogP contribution in [-0.4, -0.2) is 13.1 Å². The molecule has 0 bridgehead atoms. The van der Waals surface area contributed by atoms with E-state index in [4.69, 9.17) is 0 Å². The standard InChI is InChI=1S/C18H24N2/c1-13-7-6-10-17(16(13)4)19-11-12-20-18-14(2)8-5-9-15(18)3/h5-10,19-20H,11-12H2,1-4H3. The van der Waals surface area contributed by atoms with E-state index in [0.717, 1.165) is 13.1 Å². The Kier molecular flexibility index (Phi) is 4.67. The first-order valence-corrected chi connectivity index (χ1v) is 7.20. The average Bonchev–Trinajstić information content (AvgIpc) is 2.42. The second kappa shape index (κ2) is 6.47. The Morgan fingerprint density at radius 1 is 0.700 bits per heavy atom. The first-order chi connectivity index (χ1) is 9.59. The summed E-state index contributed by atoms with van der Waals surface area (Å²) in [6.45, 7) is 10.4. The number of hydrogen-bond donors (Lipinski definition) is 2. The highest BCUT2D eigenvalue weighted by atomic mass is 15.0. The molecule has 0 aliphatic heterocycles. The molecule has 106 valence electrons. The number of hydrogen-bond acceptors (Lipinski definition) is 2. The fourth-order valence-corrected chi connectivity index (χ4v) is 2.42. The van der Waals surface area contributed by atoms with Crippen molar-refractivity contribution in [3.05, 3.63) is 58.7 Å². The Hall–Kier alpha value is -1.96. The molecule has 2 nitrogen and oxygen atoms in total. The van der Waals surface area contributed by atoms with E-state index < -0.39 is 0 Å². The lowest BCUT2D eigenvalue weighted by Gasteiger charge is -2.15. The number of nitrogens with one attached hydrogen (secondary N) is 2. The Morgan fingerprint density at radius 2 is 1.25 bits per heavy atom. The summed E-state index contributed by atoms with van der Waals surface area (Å²) < 4.78 is 0. The highest BCUT2D eigenvalue weighted by Gasteiger charge is 2.02. The predicted octanol–water partition coefficient (Wildman–Crippen LogP) is 4.44. The third-order valence-corrected chi connectivity index (χ3v) is 3.83. The van der Waals surface area contributed by atoms with Crippen molar-refractivity contribution in [2.45, 2.75) is 27.7 Å². The maximum Gasteiger partial charge on any atom is 0.0400 e. The lowest BCUT2D eigenvalue weighted by atomic mass is 10.1. The van der Waals surface area contributed by atoms with Gasteiger partial charge in [0.2, 0.25) is 0 Å². The molecule has 0 amide bonds. The summed E-state index contributed by atoms with van der Waals surface area (Å²) in [6.07, 6.45) is 0. The Balaban J connectivity index is 1.89. The van der Waals surface area contributed by atoms with Gasteiger partial charge in [0.15, 0.2) is 0 Å². The van der Waals surface area contributed by atoms with Crippen LogP contribution in [-0.2, 0) is 0 Å². The van der Waals surface area contributed by atoms with Crippen molar-refractivity contribution >= 4 is 11.4 Å². The SMILES string of the molecule is Cc1cccc(NCCNc2c(C)cccc2C)c1C. The molecule has 2 heteroatoms. The third-order valence-electron chi connectivity index (χ3n) is 3.83. The smallest absolute Gasteiger partial charge is 0.0400 e. The van der Waals surface area contributed by atoms with Gasteiger partial charge in [-0.25, -0.2) is 0 Å². The normalized spacial score (nSPS) is 10.4. The first-order valence-electron chi connectivity index (χ1n) is 7.20. The topological polar surface area (TPSA) is 24.1 Å². The van der Waals surface area contributed by atoms with E-state index in [9.17, 15) is 0 Å². The van der Waals surface area contributed by atoms with Crippen LogP contribution in [0.25, 0.3) is 0 Å². The molecule has 2 aromatic rings. The Labute approximate surface area is 122 Å². The molecule has 0 heterocycles. The molecule has 0 atom stereocenters. The van der Waals surface area contributed by atoms with E-state index in [-0.39, 0.29) is 0 Å². The highest BCUT2D eigenvalue weighted by molar-refractivity contribution is 5.57. The fourth-order valence-electron chi connectivity index (χ4n) is 2.42. The largest absolute Gasteiger partial charge is 0.383 e. The average molecular weight is 268 g/mol. The van der Waals surface area contributed by atoms with Gasteiger partial charge in [-0.15, -0.1) is 0 Å². The number of rotatable bonds is 5. The lowest BCUT2D eigenvalue weighted by Crippen LogP contribution is -2.15. The van der Waals surface area contributed by atoms with Gasteiger partial charge in [-0.05, 0) is 56.0 Å². The van der Waals surface area contributed by atoms with Crippen LogP contribution in [0.2, 0.25) is 0 Å². The molecule has 0 saturated carbocycles. The molecule has 0 fully saturated rings. The van der Waals surface area contributed by atoms with Crippen molar-refractivity contribution < 1.29 is 0 Å². The van der Waals surface area contributed by atoms with E-state index >= 15 is 0 Å². The first kappa shape index (κ1) is 14.4. The van der Waals surface area contributed by atoms with Gasteiger partial charge in [0, 0.05) is 24.5 Å². The maximum absolute atomic E-state index is 3.52. The Bertz CT molecular complexity index is 568. The summed E-state index contributed by atoms with van der Waals surface area (Å²) in [6, 6.07) is 12.8. The van der Waals surface area contributed by atoms with Gasteiger partial charge in [-0.1, -0.05) is 30.3 Å². The molecule has 0 saturated heterocycles. The van der Waals surface area contributed by atoms with Crippen LogP contribution in [0.3, 0.4) is 0 Å². The van der Waals surface area contributed by atoms with E-state index in [2.05, 4.69) is 74.7 Å². The van der Waals surface area contributed by atoms with Gasteiger partial charge >= 0.3 is 0 Å². The molecule has 20 heavy (non-hydrogen) atoms. The monoisotopic (exact) mass is 268 g/mol. The molecule has 2 aromatic carbocycles. The van der Waals surface area contributed by atoms with Crippen LogP contribution in [0.5, 0.6) is 0 Å². The number of benzene rings is 2. The van der Waals surface area contributed by atoms with Gasteiger partial charge in [-0.3, -0.25) is 0 Å². The van der Waals surface area contributed by atoms with Gasteiger partial charge in [0.25, 0.3) is 0 Å². The highest BCUT2D eigenvalue weighted by Crippen LogP contribution is 2.20. The molecular formula is C18H24N2. The van der Waals surface area contributed by atoms with E-state index in [1.165, 1.54) is 33.6 Å². The van der Waals surface area contributed by atoms with Crippen molar-refractivity contribution in [1.29, 1.82) is 0 Å². The van der Waals surface area contributed by atoms with Crippen LogP contribution in [0, 0.1) is 27.7 Å². The van der Waals surface area contributed by atoms with Gasteiger partial charge in [-0.2, -0.15) is 0 Å². The van der Waals surface area contributed by atoms with Crippen molar-refractivity contribution in [3.63, 3.8) is 0 Å². The van der Waals surface area contributed by atoms with Gasteiger partial charge in [0.1, 0.15) is 0 Å². The molecule has 0 radical (unpaired) electrons. The van der Waals surface area contributed by atoms with Crippen molar-refractivity contribution in [1.82, 2.24) is 0 Å². The molecule has 0 aliphatic carbocycles. The summed E-state index contributed by atoms with van der Waals surface area (Å²) >= 11 is 0. The van der Waals surface area contributed by atoms with Crippen molar-refractivity contribution in [3.8, 4) is 0 Å². The molecule has 0 spiro atoms. The summed E-state index contributed by atoms with van der Waals surface area (Å²) in [5.41, 5.74) is 7.76. The predicted molar refractivity (Wildman–Crippen MR) is 88.8 cm³/mol. The van der Waals surface area contributed by atoms with Crippen LogP contribution in [0.4, 0.5) is 11.4 Å². The number of aryl methyl sites for hydroxylation is 3. The molecule has 0 aromatic heterocycles. The quantitative estimate of drug-likeness (QED) is 0.783. The second-order valence-corrected chi connectivity index (χ2v) is 5.37. The van der Waals surface area contributed by atoms with Crippen LogP contribution < -0.4 is 10.6 Å². The molecule has 2 N–H and O–H groups in total. The Morgan fingerprint density at radius 3 is 1.95 bits per heavy atom. The van der Waals surface area contributed by atoms with Crippen molar-refractivity contribution in [2.75, 3.05) is 23.7 Å². The number of anilines is 2. The molecule has 2 rings (SSSR count). The van der Waals surface area contributed by atoms with E-state index in [1.807, 2.05) is 0 Å². The lowest BCUT2D eigenvalue weighted by molar-refractivity contribution is 1.06. The summed E-state index contributed by atoms with van der Waals surface area (Å²) in [7, 11) is 0. The van der Waals surface area contributed by atoms with Crippen molar-refractivity contribution in [2.24, 2.45) is 0 Å². The zero-order valence-corrected chi connectivity index (χ0v) is 12.9. The van der Waals surface area contributed by atoms with E-state index in [1.54, 1.807) is 0 Å². The van der Waals surface area contributed by atoms with E-state index in [0.29, 0.717) is 0 Å². The van der Waals surface area contributed by atoms with Crippen LogP contribution in [0.15, 0.2) is 36.4 Å². The number of para-hydroxylation sites is 1. The summed E-state index contributed by atoms with van der Waals surface area (Å²) in [4.78, 5) is 0. The summed E-state index contributed by atoms with van der Waals surface area (Å²) in [5, 5.41) is 7.02. The molecule has 0 unspecified atom stereocenters. The molecule has 0 aliphatic rings. The van der Waals surface area contributed by atoms with Crippen LogP contribution in [0.1, 0.15) is 22.3 Å². The zero-order chi connectivity index (χ0) is 14.5. The van der Waals surface area contributed by atoms with Crippen LogP contribution >= 0.6 is 0 Å². The fraction of sp³-hybridized carbons (Fsp3) is 0.333. The maximum atomic E-state index is 3.52.